The number of hydrogen-bond acceptors (Lipinski definition) is 1. The van der Waals surface area contributed by atoms with E-state index in [4.69, 9.17) is 0 Å². The van der Waals surface area contributed by atoms with Gasteiger partial charge < -0.3 is 5.11 Å². The summed E-state index contributed by atoms with van der Waals surface area (Å²) in [7, 11) is 0. The second-order valence-electron chi connectivity index (χ2n) is 5.13. The third-order valence-corrected chi connectivity index (χ3v) is 3.59. The van der Waals surface area contributed by atoms with Crippen LogP contribution < -0.4 is 0 Å². The summed E-state index contributed by atoms with van der Waals surface area (Å²) in [6.07, 6.45) is 3.35. The molecule has 1 aliphatic rings. The first-order valence-corrected chi connectivity index (χ1v) is 6.05. The second-order valence-corrected chi connectivity index (χ2v) is 5.13. The molecule has 0 spiro atoms. The summed E-state index contributed by atoms with van der Waals surface area (Å²) in [5.41, 5.74) is 0.553. The zero-order valence-corrected chi connectivity index (χ0v) is 9.96. The van der Waals surface area contributed by atoms with E-state index in [1.807, 2.05) is 19.9 Å². The highest BCUT2D eigenvalue weighted by Crippen LogP contribution is 2.40. The first-order valence-electron chi connectivity index (χ1n) is 6.05. The van der Waals surface area contributed by atoms with Crippen LogP contribution in [0.4, 0.5) is 4.39 Å². The van der Waals surface area contributed by atoms with Gasteiger partial charge in [-0.15, -0.1) is 0 Å². The highest BCUT2D eigenvalue weighted by molar-refractivity contribution is 5.31. The van der Waals surface area contributed by atoms with Gasteiger partial charge in [-0.05, 0) is 30.4 Å². The lowest BCUT2D eigenvalue weighted by Gasteiger charge is -2.23. The van der Waals surface area contributed by atoms with E-state index in [-0.39, 0.29) is 5.82 Å². The summed E-state index contributed by atoms with van der Waals surface area (Å²) in [5, 5.41) is 10.3. The molecule has 16 heavy (non-hydrogen) atoms. The maximum Gasteiger partial charge on any atom is 0.129 e. The Kier molecular flexibility index (Phi) is 3.02. The normalized spacial score (nSPS) is 19.3. The Bertz CT molecular complexity index is 378. The molecule has 1 aromatic rings. The molecular formula is C14H19FO. The van der Waals surface area contributed by atoms with Gasteiger partial charge >= 0.3 is 0 Å². The van der Waals surface area contributed by atoms with Gasteiger partial charge in [-0.1, -0.05) is 38.8 Å². The molecule has 88 valence electrons. The van der Waals surface area contributed by atoms with Crippen molar-refractivity contribution in [3.8, 4) is 0 Å². The molecule has 0 radical (unpaired) electrons. The van der Waals surface area contributed by atoms with Gasteiger partial charge in [0.1, 0.15) is 5.82 Å². The van der Waals surface area contributed by atoms with Gasteiger partial charge in [-0.25, -0.2) is 4.39 Å². The third kappa shape index (κ3) is 1.99. The molecule has 1 nitrogen and oxygen atoms in total. The predicted molar refractivity (Wildman–Crippen MR) is 62.9 cm³/mol. The minimum absolute atomic E-state index is 0.254. The lowest BCUT2D eigenvalue weighted by Crippen LogP contribution is -2.22. The van der Waals surface area contributed by atoms with Crippen molar-refractivity contribution in [1.82, 2.24) is 0 Å². The molecule has 0 aliphatic heterocycles. The molecule has 1 fully saturated rings. The maximum atomic E-state index is 13.9. The lowest BCUT2D eigenvalue weighted by molar-refractivity contribution is 0.0407. The Morgan fingerprint density at radius 2 is 1.88 bits per heavy atom. The molecule has 0 unspecified atom stereocenters. The van der Waals surface area contributed by atoms with Crippen LogP contribution in [0.3, 0.4) is 0 Å². The Morgan fingerprint density at radius 1 is 1.25 bits per heavy atom. The van der Waals surface area contributed by atoms with E-state index in [1.165, 1.54) is 0 Å². The summed E-state index contributed by atoms with van der Waals surface area (Å²) in [5.74, 6) is 0.0670. The van der Waals surface area contributed by atoms with Crippen LogP contribution in [0.1, 0.15) is 56.6 Å². The van der Waals surface area contributed by atoms with Crippen molar-refractivity contribution in [1.29, 1.82) is 0 Å². The van der Waals surface area contributed by atoms with E-state index in [9.17, 15) is 9.50 Å². The minimum Gasteiger partial charge on any atom is -0.385 e. The van der Waals surface area contributed by atoms with Gasteiger partial charge in [0.2, 0.25) is 0 Å². The largest absolute Gasteiger partial charge is 0.385 e. The summed E-state index contributed by atoms with van der Waals surface area (Å²) < 4.78 is 13.9. The van der Waals surface area contributed by atoms with Crippen LogP contribution in [-0.2, 0) is 5.60 Å². The second kappa shape index (κ2) is 4.17. The molecule has 0 aromatic heterocycles. The van der Waals surface area contributed by atoms with E-state index >= 15 is 0 Å². The average molecular weight is 222 g/mol. The van der Waals surface area contributed by atoms with Crippen LogP contribution in [0, 0.1) is 5.82 Å². The highest BCUT2D eigenvalue weighted by atomic mass is 19.1. The van der Waals surface area contributed by atoms with Crippen molar-refractivity contribution in [3.05, 3.63) is 35.1 Å². The van der Waals surface area contributed by atoms with Crippen LogP contribution >= 0.6 is 0 Å². The van der Waals surface area contributed by atoms with Gasteiger partial charge in [0.25, 0.3) is 0 Å². The summed E-state index contributed by atoms with van der Waals surface area (Å²) >= 11 is 0. The van der Waals surface area contributed by atoms with E-state index in [1.54, 1.807) is 12.1 Å². The van der Waals surface area contributed by atoms with Crippen LogP contribution in [-0.4, -0.2) is 5.11 Å². The fourth-order valence-corrected chi connectivity index (χ4v) is 2.50. The van der Waals surface area contributed by atoms with Crippen molar-refractivity contribution >= 4 is 0 Å². The van der Waals surface area contributed by atoms with Gasteiger partial charge in [0.15, 0.2) is 0 Å². The molecule has 1 saturated carbocycles. The van der Waals surface area contributed by atoms with E-state index < -0.39 is 5.60 Å². The Hall–Kier alpha value is -0.890. The maximum absolute atomic E-state index is 13.9. The topological polar surface area (TPSA) is 20.2 Å². The molecule has 0 amide bonds. The number of benzene rings is 1. The smallest absolute Gasteiger partial charge is 0.129 e. The van der Waals surface area contributed by atoms with Crippen molar-refractivity contribution in [2.75, 3.05) is 0 Å². The molecular weight excluding hydrogens is 203 g/mol. The Labute approximate surface area is 96.3 Å². The van der Waals surface area contributed by atoms with Gasteiger partial charge in [0.05, 0.1) is 5.60 Å². The summed E-state index contributed by atoms with van der Waals surface area (Å²) in [4.78, 5) is 0. The molecule has 2 heteroatoms. The molecule has 0 saturated heterocycles. The fraction of sp³-hybridized carbons (Fsp3) is 0.571. The first kappa shape index (κ1) is 11.6. The molecule has 1 N–H and O–H groups in total. The lowest BCUT2D eigenvalue weighted by atomic mass is 9.89. The standard InChI is InChI=1S/C14H19FO/c1-10(2)11-5-6-12(13(15)9-11)14(16)7-3-4-8-14/h5-6,9-10,16H,3-4,7-8H2,1-2H3. The quantitative estimate of drug-likeness (QED) is 0.808. The van der Waals surface area contributed by atoms with Crippen LogP contribution in [0.15, 0.2) is 18.2 Å². The molecule has 0 atom stereocenters. The monoisotopic (exact) mass is 222 g/mol. The minimum atomic E-state index is -0.917. The Balaban J connectivity index is 2.35. The average Bonchev–Trinajstić information content (AvgIpc) is 2.65. The van der Waals surface area contributed by atoms with E-state index in [2.05, 4.69) is 0 Å². The van der Waals surface area contributed by atoms with Crippen molar-refractivity contribution in [2.45, 2.75) is 51.0 Å². The zero-order valence-electron chi connectivity index (χ0n) is 9.96. The van der Waals surface area contributed by atoms with Crippen LogP contribution in [0.2, 0.25) is 0 Å². The highest BCUT2D eigenvalue weighted by Gasteiger charge is 2.35. The van der Waals surface area contributed by atoms with E-state index in [0.717, 1.165) is 18.4 Å². The van der Waals surface area contributed by atoms with Gasteiger partial charge in [-0.3, -0.25) is 0 Å². The molecule has 1 aromatic carbocycles. The summed E-state index contributed by atoms with van der Waals surface area (Å²) in [6.45, 7) is 4.08. The SMILES string of the molecule is CC(C)c1ccc(C2(O)CCCC2)c(F)c1. The van der Waals surface area contributed by atoms with Crippen LogP contribution in [0.25, 0.3) is 0 Å². The predicted octanol–water partition coefficient (Wildman–Crippen LogP) is 3.71. The summed E-state index contributed by atoms with van der Waals surface area (Å²) in [6, 6.07) is 5.26. The molecule has 0 heterocycles. The number of halogens is 1. The van der Waals surface area contributed by atoms with E-state index in [0.29, 0.717) is 24.3 Å². The molecule has 1 aliphatic carbocycles. The number of aliphatic hydroxyl groups is 1. The van der Waals surface area contributed by atoms with Gasteiger partial charge in [0, 0.05) is 5.56 Å². The van der Waals surface area contributed by atoms with Crippen molar-refractivity contribution in [3.63, 3.8) is 0 Å². The number of rotatable bonds is 2. The number of hydrogen-bond donors (Lipinski definition) is 1. The van der Waals surface area contributed by atoms with Crippen molar-refractivity contribution < 1.29 is 9.50 Å². The first-order chi connectivity index (χ1) is 7.53. The zero-order chi connectivity index (χ0) is 11.8. The Morgan fingerprint density at radius 3 is 2.38 bits per heavy atom. The van der Waals surface area contributed by atoms with Crippen molar-refractivity contribution in [2.24, 2.45) is 0 Å². The van der Waals surface area contributed by atoms with Crippen LogP contribution in [0.5, 0.6) is 0 Å². The molecule has 2 rings (SSSR count). The fourth-order valence-electron chi connectivity index (χ4n) is 2.50. The van der Waals surface area contributed by atoms with Gasteiger partial charge in [-0.2, -0.15) is 0 Å². The third-order valence-electron chi connectivity index (χ3n) is 3.59. The molecule has 0 bridgehead atoms.